The summed E-state index contributed by atoms with van der Waals surface area (Å²) in [5, 5.41) is 11.2. The third-order valence-corrected chi connectivity index (χ3v) is 4.97. The average molecular weight is 328 g/mol. The number of hydrogen-bond acceptors (Lipinski definition) is 5. The summed E-state index contributed by atoms with van der Waals surface area (Å²) in [4.78, 5) is 4.46. The molecule has 3 atom stereocenters. The van der Waals surface area contributed by atoms with Gasteiger partial charge in [-0.2, -0.15) is 0 Å². The van der Waals surface area contributed by atoms with Crippen molar-refractivity contribution in [2.75, 3.05) is 6.61 Å². The standard InChI is InChI=1S/C18H20N2O2S/c1-2-22-14-10-8-13(9-11-14)17-15(20-18(19)23-17)16(21)12-6-4-3-5-7-12/h3-11,15-17,21H,2H2,1H3,(H2,19,20)/t15-,16-,17-/m0/s1. The van der Waals surface area contributed by atoms with Gasteiger partial charge in [-0.15, -0.1) is 0 Å². The molecule has 5 heteroatoms. The van der Waals surface area contributed by atoms with Crippen LogP contribution >= 0.6 is 11.8 Å². The Kier molecular flexibility index (Phi) is 4.88. The largest absolute Gasteiger partial charge is 0.494 e. The molecule has 0 aliphatic carbocycles. The Morgan fingerprint density at radius 2 is 1.87 bits per heavy atom. The highest BCUT2D eigenvalue weighted by molar-refractivity contribution is 8.14. The summed E-state index contributed by atoms with van der Waals surface area (Å²) in [6.07, 6.45) is -0.679. The second-order valence-corrected chi connectivity index (χ2v) is 6.52. The Morgan fingerprint density at radius 3 is 2.52 bits per heavy atom. The lowest BCUT2D eigenvalue weighted by Gasteiger charge is -2.23. The fraction of sp³-hybridized carbons (Fsp3) is 0.278. The number of benzene rings is 2. The number of aliphatic imine (C=N–C) groups is 1. The molecule has 23 heavy (non-hydrogen) atoms. The number of nitrogens with two attached hydrogens (primary N) is 1. The van der Waals surface area contributed by atoms with Crippen LogP contribution in [0.4, 0.5) is 0 Å². The summed E-state index contributed by atoms with van der Waals surface area (Å²) < 4.78 is 5.48. The van der Waals surface area contributed by atoms with Crippen LogP contribution in [0.1, 0.15) is 29.4 Å². The lowest BCUT2D eigenvalue weighted by Crippen LogP contribution is -2.20. The summed E-state index contributed by atoms with van der Waals surface area (Å²) >= 11 is 1.50. The molecule has 0 saturated heterocycles. The first-order valence-corrected chi connectivity index (χ1v) is 8.52. The Morgan fingerprint density at radius 1 is 1.17 bits per heavy atom. The van der Waals surface area contributed by atoms with E-state index in [2.05, 4.69) is 4.99 Å². The zero-order valence-corrected chi connectivity index (χ0v) is 13.7. The number of thioether (sulfide) groups is 1. The molecule has 0 spiro atoms. The zero-order valence-electron chi connectivity index (χ0n) is 12.9. The number of nitrogens with zero attached hydrogens (tertiary/aromatic N) is 1. The molecule has 0 amide bonds. The number of aliphatic hydroxyl groups is 1. The van der Waals surface area contributed by atoms with Crippen molar-refractivity contribution in [1.29, 1.82) is 0 Å². The van der Waals surface area contributed by atoms with Crippen molar-refractivity contribution in [2.24, 2.45) is 10.7 Å². The van der Waals surface area contributed by atoms with Crippen molar-refractivity contribution in [3.63, 3.8) is 0 Å². The van der Waals surface area contributed by atoms with E-state index in [-0.39, 0.29) is 11.3 Å². The number of ether oxygens (including phenoxy) is 1. The van der Waals surface area contributed by atoms with Crippen LogP contribution < -0.4 is 10.5 Å². The maximum Gasteiger partial charge on any atom is 0.155 e. The van der Waals surface area contributed by atoms with Crippen LogP contribution in [0.3, 0.4) is 0 Å². The van der Waals surface area contributed by atoms with Crippen LogP contribution in [0.25, 0.3) is 0 Å². The summed E-state index contributed by atoms with van der Waals surface area (Å²) in [6.45, 7) is 2.60. The molecule has 2 aromatic rings. The van der Waals surface area contributed by atoms with Gasteiger partial charge in [0.1, 0.15) is 11.9 Å². The van der Waals surface area contributed by atoms with E-state index in [4.69, 9.17) is 10.5 Å². The first-order chi connectivity index (χ1) is 11.2. The first kappa shape index (κ1) is 15.9. The van der Waals surface area contributed by atoms with Gasteiger partial charge >= 0.3 is 0 Å². The Hall–Kier alpha value is -1.98. The van der Waals surface area contributed by atoms with Gasteiger partial charge in [0.05, 0.1) is 17.9 Å². The molecule has 0 saturated carbocycles. The SMILES string of the molecule is CCOc1ccc([C@@H]2SC(N)=N[C@H]2[C@@H](O)c2ccccc2)cc1. The van der Waals surface area contributed by atoms with E-state index in [1.165, 1.54) is 11.8 Å². The third kappa shape index (κ3) is 3.51. The summed E-state index contributed by atoms with van der Waals surface area (Å²) in [7, 11) is 0. The topological polar surface area (TPSA) is 67.8 Å². The molecule has 0 fully saturated rings. The van der Waals surface area contributed by atoms with Crippen LogP contribution in [0, 0.1) is 0 Å². The Bertz CT molecular complexity index is 673. The molecule has 4 nitrogen and oxygen atoms in total. The number of hydrogen-bond donors (Lipinski definition) is 2. The molecule has 0 bridgehead atoms. The molecular weight excluding hydrogens is 308 g/mol. The van der Waals surface area contributed by atoms with Gasteiger partial charge in [0.15, 0.2) is 5.17 Å². The molecule has 1 aliphatic rings. The summed E-state index contributed by atoms with van der Waals surface area (Å²) in [5.41, 5.74) is 7.86. The highest BCUT2D eigenvalue weighted by Crippen LogP contribution is 2.44. The minimum absolute atomic E-state index is 0.000817. The lowest BCUT2D eigenvalue weighted by atomic mass is 9.96. The molecule has 2 aromatic carbocycles. The molecule has 0 aromatic heterocycles. The second-order valence-electron chi connectivity index (χ2n) is 5.35. The average Bonchev–Trinajstić information content (AvgIpc) is 2.98. The fourth-order valence-corrected chi connectivity index (χ4v) is 3.80. The van der Waals surface area contributed by atoms with E-state index in [0.29, 0.717) is 11.8 Å². The van der Waals surface area contributed by atoms with Gasteiger partial charge in [0.25, 0.3) is 0 Å². The Balaban J connectivity index is 1.83. The fourth-order valence-electron chi connectivity index (χ4n) is 2.71. The molecule has 0 unspecified atom stereocenters. The van der Waals surface area contributed by atoms with Gasteiger partial charge in [0.2, 0.25) is 0 Å². The van der Waals surface area contributed by atoms with E-state index in [0.717, 1.165) is 16.9 Å². The van der Waals surface area contributed by atoms with E-state index < -0.39 is 6.10 Å². The van der Waals surface area contributed by atoms with E-state index >= 15 is 0 Å². The third-order valence-electron chi connectivity index (χ3n) is 3.82. The molecule has 3 rings (SSSR count). The van der Waals surface area contributed by atoms with Crippen molar-refractivity contribution in [3.8, 4) is 5.75 Å². The molecule has 1 aliphatic heterocycles. The van der Waals surface area contributed by atoms with Crippen LogP contribution in [0.5, 0.6) is 5.75 Å². The van der Waals surface area contributed by atoms with Crippen LogP contribution in [-0.2, 0) is 0 Å². The summed E-state index contributed by atoms with van der Waals surface area (Å²) in [6, 6.07) is 17.2. The monoisotopic (exact) mass is 328 g/mol. The minimum atomic E-state index is -0.679. The lowest BCUT2D eigenvalue weighted by molar-refractivity contribution is 0.147. The number of amidine groups is 1. The van der Waals surface area contributed by atoms with Gasteiger partial charge in [-0.05, 0) is 30.2 Å². The predicted molar refractivity (Wildman–Crippen MR) is 94.8 cm³/mol. The van der Waals surface area contributed by atoms with Crippen LogP contribution in [0.2, 0.25) is 0 Å². The molecule has 3 N–H and O–H groups in total. The van der Waals surface area contributed by atoms with Gasteiger partial charge < -0.3 is 15.6 Å². The molecule has 120 valence electrons. The molecule has 0 radical (unpaired) electrons. The van der Waals surface area contributed by atoms with Gasteiger partial charge in [0, 0.05) is 0 Å². The van der Waals surface area contributed by atoms with Crippen LogP contribution in [0.15, 0.2) is 59.6 Å². The Labute approximate surface area is 140 Å². The first-order valence-electron chi connectivity index (χ1n) is 7.64. The minimum Gasteiger partial charge on any atom is -0.494 e. The maximum atomic E-state index is 10.7. The normalized spacial score (nSPS) is 21.7. The van der Waals surface area contributed by atoms with Crippen molar-refractivity contribution in [3.05, 3.63) is 65.7 Å². The van der Waals surface area contributed by atoms with E-state index in [1.54, 1.807) is 0 Å². The van der Waals surface area contributed by atoms with Crippen molar-refractivity contribution >= 4 is 16.9 Å². The van der Waals surface area contributed by atoms with E-state index in [9.17, 15) is 5.11 Å². The highest BCUT2D eigenvalue weighted by atomic mass is 32.2. The number of rotatable bonds is 5. The quantitative estimate of drug-likeness (QED) is 0.884. The zero-order chi connectivity index (χ0) is 16.2. The van der Waals surface area contributed by atoms with Gasteiger partial charge in [-0.1, -0.05) is 54.2 Å². The number of aliphatic hydroxyl groups excluding tert-OH is 1. The predicted octanol–water partition coefficient (Wildman–Crippen LogP) is 3.29. The second kappa shape index (κ2) is 7.06. The van der Waals surface area contributed by atoms with Gasteiger partial charge in [-0.25, -0.2) is 0 Å². The van der Waals surface area contributed by atoms with Crippen molar-refractivity contribution in [1.82, 2.24) is 0 Å². The van der Waals surface area contributed by atoms with Crippen molar-refractivity contribution in [2.45, 2.75) is 24.3 Å². The van der Waals surface area contributed by atoms with Crippen molar-refractivity contribution < 1.29 is 9.84 Å². The van der Waals surface area contributed by atoms with Crippen LogP contribution in [-0.4, -0.2) is 22.9 Å². The maximum absolute atomic E-state index is 10.7. The molecule has 1 heterocycles. The summed E-state index contributed by atoms with van der Waals surface area (Å²) in [5.74, 6) is 0.841. The van der Waals surface area contributed by atoms with Gasteiger partial charge in [-0.3, -0.25) is 4.99 Å². The van der Waals surface area contributed by atoms with E-state index in [1.807, 2.05) is 61.5 Å². The smallest absolute Gasteiger partial charge is 0.155 e. The molecular formula is C18H20N2O2S. The highest BCUT2D eigenvalue weighted by Gasteiger charge is 2.36.